The highest BCUT2D eigenvalue weighted by Gasteiger charge is 2.18. The van der Waals surface area contributed by atoms with Crippen molar-refractivity contribution in [2.24, 2.45) is 0 Å². The zero-order chi connectivity index (χ0) is 17.0. The Morgan fingerprint density at radius 2 is 1.87 bits per heavy atom. The van der Waals surface area contributed by atoms with Crippen LogP contribution >= 0.6 is 15.9 Å². The van der Waals surface area contributed by atoms with E-state index in [4.69, 9.17) is 4.74 Å². The Labute approximate surface area is 142 Å². The van der Waals surface area contributed by atoms with E-state index in [0.29, 0.717) is 0 Å². The fourth-order valence-electron chi connectivity index (χ4n) is 1.92. The van der Waals surface area contributed by atoms with Crippen molar-refractivity contribution in [1.29, 1.82) is 0 Å². The Balaban J connectivity index is 2.44. The minimum Gasteiger partial charge on any atom is -0.462 e. The van der Waals surface area contributed by atoms with Gasteiger partial charge in [0.1, 0.15) is 5.82 Å². The predicted molar refractivity (Wildman–Crippen MR) is 89.0 cm³/mol. The lowest BCUT2D eigenvalue weighted by Crippen LogP contribution is -2.16. The van der Waals surface area contributed by atoms with Crippen LogP contribution in [0, 0.1) is 5.82 Å². The summed E-state index contributed by atoms with van der Waals surface area (Å²) in [5, 5.41) is 0. The first-order valence-corrected chi connectivity index (χ1v) is 8.53. The summed E-state index contributed by atoms with van der Waals surface area (Å²) in [4.78, 5) is 11.6. The van der Waals surface area contributed by atoms with Gasteiger partial charge in [-0.3, -0.25) is 0 Å². The Morgan fingerprint density at radius 3 is 2.39 bits per heavy atom. The highest BCUT2D eigenvalue weighted by Crippen LogP contribution is 2.29. The van der Waals surface area contributed by atoms with Crippen LogP contribution < -0.4 is 4.31 Å². The smallest absolute Gasteiger partial charge is 0.338 e. The second kappa shape index (κ2) is 7.56. The van der Waals surface area contributed by atoms with Gasteiger partial charge in [-0.25, -0.2) is 21.9 Å². The number of benzene rings is 2. The van der Waals surface area contributed by atoms with Gasteiger partial charge >= 0.3 is 5.97 Å². The second-order valence-electron chi connectivity index (χ2n) is 4.41. The number of nitrogens with zero attached hydrogens (tertiary/aromatic N) is 1. The van der Waals surface area contributed by atoms with Crippen LogP contribution in [-0.2, 0) is 15.6 Å². The summed E-state index contributed by atoms with van der Waals surface area (Å²) in [5.74, 6) is -1.50. The predicted octanol–water partition coefficient (Wildman–Crippen LogP) is 3.43. The number of thiol groups is 1. The Kier molecular flexibility index (Phi) is 5.73. The number of ether oxygens (including phenoxy) is 1. The van der Waals surface area contributed by atoms with Gasteiger partial charge in [0.2, 0.25) is 10.9 Å². The van der Waals surface area contributed by atoms with Crippen LogP contribution in [0.5, 0.6) is 0 Å². The Hall–Kier alpha value is -1.93. The van der Waals surface area contributed by atoms with Gasteiger partial charge in [-0.05, 0) is 49.4 Å². The molecule has 0 atom stereocenters. The van der Waals surface area contributed by atoms with E-state index in [2.05, 4.69) is 15.9 Å². The number of esters is 1. The van der Waals surface area contributed by atoms with Crippen molar-refractivity contribution in [2.45, 2.75) is 6.92 Å². The van der Waals surface area contributed by atoms with Crippen LogP contribution in [0.15, 0.2) is 46.9 Å². The number of hydrogen-bond donors (Lipinski definition) is 1. The molecular formula is C15H13BrFNO4S. The van der Waals surface area contributed by atoms with Crippen molar-refractivity contribution in [3.05, 3.63) is 58.3 Å². The first-order valence-electron chi connectivity index (χ1n) is 6.60. The lowest BCUT2D eigenvalue weighted by Gasteiger charge is -2.18. The molecule has 0 heterocycles. The van der Waals surface area contributed by atoms with E-state index in [0.717, 1.165) is 14.8 Å². The molecule has 0 spiro atoms. The van der Waals surface area contributed by atoms with E-state index in [9.17, 15) is 17.6 Å². The van der Waals surface area contributed by atoms with E-state index in [1.54, 1.807) is 19.1 Å². The van der Waals surface area contributed by atoms with Crippen LogP contribution in [0.2, 0.25) is 0 Å². The molecule has 2 rings (SSSR count). The van der Waals surface area contributed by atoms with Crippen molar-refractivity contribution in [2.75, 3.05) is 10.9 Å². The first-order chi connectivity index (χ1) is 10.9. The largest absolute Gasteiger partial charge is 0.462 e. The molecule has 0 saturated heterocycles. The number of rotatable bonds is 5. The van der Waals surface area contributed by atoms with Crippen molar-refractivity contribution in [3.8, 4) is 0 Å². The third-order valence-corrected chi connectivity index (χ3v) is 4.22. The summed E-state index contributed by atoms with van der Waals surface area (Å²) in [5.41, 5.74) is 0.133. The molecule has 0 aliphatic heterocycles. The monoisotopic (exact) mass is 401 g/mol. The first kappa shape index (κ1) is 17.4. The summed E-state index contributed by atoms with van der Waals surface area (Å²) in [7, 11) is -3.11. The fourth-order valence-corrected chi connectivity index (χ4v) is 2.85. The zero-order valence-corrected chi connectivity index (χ0v) is 14.5. The zero-order valence-electron chi connectivity index (χ0n) is 12.0. The standard InChI is InChI=1S/C15H13BrFNO4S/c1-2-22-15(19)10-3-8-14(13(17)9-10)18(23(20)21)12-6-4-11(16)5-7-12/h3-9,23H,2H2,1H3. The Bertz CT molecular complexity index is 785. The molecule has 0 bridgehead atoms. The highest BCUT2D eigenvalue weighted by molar-refractivity contribution is 9.10. The minimum absolute atomic E-state index is 0.0185. The molecule has 5 nitrogen and oxygen atoms in total. The van der Waals surface area contributed by atoms with Gasteiger partial charge in [0, 0.05) is 4.47 Å². The average Bonchev–Trinajstić information content (AvgIpc) is 2.51. The number of carbonyl (C=O) groups is 1. The van der Waals surface area contributed by atoms with Gasteiger partial charge in [0.15, 0.2) is 0 Å². The summed E-state index contributed by atoms with van der Waals surface area (Å²) in [6, 6.07) is 9.87. The molecule has 0 amide bonds. The van der Waals surface area contributed by atoms with Gasteiger partial charge in [0.05, 0.1) is 23.5 Å². The maximum atomic E-state index is 14.3. The molecule has 0 unspecified atom stereocenters. The molecule has 2 aromatic carbocycles. The molecule has 0 fully saturated rings. The fraction of sp³-hybridized carbons (Fsp3) is 0.133. The van der Waals surface area contributed by atoms with Crippen LogP contribution in [0.3, 0.4) is 0 Å². The normalized spacial score (nSPS) is 10.6. The van der Waals surface area contributed by atoms with E-state index in [-0.39, 0.29) is 23.5 Å². The van der Waals surface area contributed by atoms with E-state index < -0.39 is 22.7 Å². The lowest BCUT2D eigenvalue weighted by atomic mass is 10.2. The van der Waals surface area contributed by atoms with E-state index in [1.165, 1.54) is 24.3 Å². The SMILES string of the molecule is CCOC(=O)c1ccc(N(c2ccc(Br)cc2)[SH](=O)=O)c(F)c1. The van der Waals surface area contributed by atoms with Crippen LogP contribution in [0.1, 0.15) is 17.3 Å². The quantitative estimate of drug-likeness (QED) is 0.615. The Morgan fingerprint density at radius 1 is 1.22 bits per heavy atom. The van der Waals surface area contributed by atoms with Crippen molar-refractivity contribution >= 4 is 44.2 Å². The van der Waals surface area contributed by atoms with Gasteiger partial charge in [-0.15, -0.1) is 0 Å². The van der Waals surface area contributed by atoms with Crippen LogP contribution in [0.4, 0.5) is 15.8 Å². The highest BCUT2D eigenvalue weighted by atomic mass is 79.9. The van der Waals surface area contributed by atoms with Gasteiger partial charge in [-0.2, -0.15) is 0 Å². The molecule has 2 aromatic rings. The average molecular weight is 402 g/mol. The van der Waals surface area contributed by atoms with Crippen molar-refractivity contribution in [1.82, 2.24) is 0 Å². The summed E-state index contributed by atoms with van der Waals surface area (Å²) >= 11 is 3.25. The molecule has 122 valence electrons. The van der Waals surface area contributed by atoms with Gasteiger partial charge in [-0.1, -0.05) is 15.9 Å². The number of hydrogen-bond acceptors (Lipinski definition) is 4. The molecule has 0 saturated carbocycles. The molecule has 0 radical (unpaired) electrons. The molecular weight excluding hydrogens is 389 g/mol. The van der Waals surface area contributed by atoms with Crippen LogP contribution in [-0.4, -0.2) is 21.0 Å². The molecule has 8 heteroatoms. The van der Waals surface area contributed by atoms with Crippen molar-refractivity contribution in [3.63, 3.8) is 0 Å². The minimum atomic E-state index is -3.11. The lowest BCUT2D eigenvalue weighted by molar-refractivity contribution is 0.0526. The van der Waals surface area contributed by atoms with Crippen molar-refractivity contribution < 1.29 is 22.3 Å². The third-order valence-electron chi connectivity index (χ3n) is 2.92. The summed E-state index contributed by atoms with van der Waals surface area (Å²) in [6.07, 6.45) is 0. The maximum absolute atomic E-state index is 14.3. The van der Waals surface area contributed by atoms with E-state index >= 15 is 0 Å². The second-order valence-corrected chi connectivity index (χ2v) is 6.20. The third kappa shape index (κ3) is 4.08. The number of carbonyl (C=O) groups excluding carboxylic acids is 1. The summed E-state index contributed by atoms with van der Waals surface area (Å²) in [6.45, 7) is 1.81. The topological polar surface area (TPSA) is 63.7 Å². The van der Waals surface area contributed by atoms with E-state index in [1.807, 2.05) is 0 Å². The molecule has 23 heavy (non-hydrogen) atoms. The van der Waals surface area contributed by atoms with Crippen LogP contribution in [0.25, 0.3) is 0 Å². The molecule has 0 aliphatic rings. The maximum Gasteiger partial charge on any atom is 0.338 e. The van der Waals surface area contributed by atoms with Gasteiger partial charge in [0.25, 0.3) is 0 Å². The number of halogens is 2. The summed E-state index contributed by atoms with van der Waals surface area (Å²) < 4.78 is 43.8. The molecule has 0 aromatic heterocycles. The molecule has 0 N–H and O–H groups in total. The van der Waals surface area contributed by atoms with Gasteiger partial charge < -0.3 is 4.74 Å². The number of anilines is 2. The molecule has 0 aliphatic carbocycles.